The molecule has 0 aromatic carbocycles. The number of likely N-dealkylation sites (tertiary alicyclic amines) is 1. The molecular weight excluding hydrogens is 188 g/mol. The molecule has 1 rings (SSSR count). The number of hydrogen-bond donors (Lipinski definition) is 1. The summed E-state index contributed by atoms with van der Waals surface area (Å²) in [7, 11) is 0. The summed E-state index contributed by atoms with van der Waals surface area (Å²) in [5.41, 5.74) is 0.319. The summed E-state index contributed by atoms with van der Waals surface area (Å²) in [5.74, 6) is 0.218. The molecule has 0 aliphatic carbocycles. The number of hydrogen-bond acceptors (Lipinski definition) is 2. The van der Waals surface area contributed by atoms with Crippen molar-refractivity contribution < 1.29 is 4.79 Å². The van der Waals surface area contributed by atoms with Crippen LogP contribution in [-0.4, -0.2) is 36.5 Å². The topological polar surface area (TPSA) is 32.3 Å². The van der Waals surface area contributed by atoms with Crippen molar-refractivity contribution >= 4 is 5.91 Å². The van der Waals surface area contributed by atoms with Crippen molar-refractivity contribution in [3.63, 3.8) is 0 Å². The first-order valence-electron chi connectivity index (χ1n) is 5.88. The Morgan fingerprint density at radius 2 is 2.13 bits per heavy atom. The van der Waals surface area contributed by atoms with Gasteiger partial charge in [0.25, 0.3) is 0 Å². The molecule has 0 radical (unpaired) electrons. The fourth-order valence-electron chi connectivity index (χ4n) is 2.08. The van der Waals surface area contributed by atoms with Gasteiger partial charge < -0.3 is 10.2 Å². The average Bonchev–Trinajstić information content (AvgIpc) is 2.49. The molecule has 0 spiro atoms. The highest BCUT2D eigenvalue weighted by Crippen LogP contribution is 2.17. The van der Waals surface area contributed by atoms with E-state index in [0.717, 1.165) is 32.5 Å². The first kappa shape index (κ1) is 12.5. The van der Waals surface area contributed by atoms with Crippen molar-refractivity contribution in [1.29, 1.82) is 0 Å². The Hall–Kier alpha value is -0.570. The molecule has 88 valence electrons. The minimum absolute atomic E-state index is 0.218. The van der Waals surface area contributed by atoms with Crippen molar-refractivity contribution in [2.75, 3.05) is 19.6 Å². The molecule has 1 N–H and O–H groups in total. The van der Waals surface area contributed by atoms with Crippen LogP contribution >= 0.6 is 0 Å². The first-order chi connectivity index (χ1) is 6.90. The van der Waals surface area contributed by atoms with Gasteiger partial charge in [-0.15, -0.1) is 0 Å². The molecular formula is C12H24N2O. The summed E-state index contributed by atoms with van der Waals surface area (Å²) in [6, 6.07) is 0.421. The lowest BCUT2D eigenvalue weighted by Gasteiger charge is -2.26. The Bertz CT molecular complexity index is 220. The van der Waals surface area contributed by atoms with E-state index in [1.807, 2.05) is 4.90 Å². The molecule has 0 unspecified atom stereocenters. The summed E-state index contributed by atoms with van der Waals surface area (Å²) < 4.78 is 0. The van der Waals surface area contributed by atoms with Crippen LogP contribution < -0.4 is 5.32 Å². The molecule has 1 fully saturated rings. The molecule has 0 aromatic heterocycles. The summed E-state index contributed by atoms with van der Waals surface area (Å²) in [6.45, 7) is 11.2. The highest BCUT2D eigenvalue weighted by atomic mass is 16.2. The Kier molecular flexibility index (Phi) is 4.14. The van der Waals surface area contributed by atoms with Gasteiger partial charge in [-0.25, -0.2) is 0 Å². The van der Waals surface area contributed by atoms with Crippen LogP contribution in [0.15, 0.2) is 0 Å². The minimum atomic E-state index is 0.218. The number of carbonyl (C=O) groups excluding carboxylic acids is 1. The third-order valence-corrected chi connectivity index (χ3v) is 2.82. The lowest BCUT2D eigenvalue weighted by Crippen LogP contribution is -2.42. The second-order valence-electron chi connectivity index (χ2n) is 5.70. The van der Waals surface area contributed by atoms with E-state index in [9.17, 15) is 4.79 Å². The van der Waals surface area contributed by atoms with Crippen LogP contribution in [0, 0.1) is 5.41 Å². The SMILES string of the molecule is CC(=O)N1CCC[C@@H]1CNCC(C)(C)C. The van der Waals surface area contributed by atoms with Gasteiger partial charge >= 0.3 is 0 Å². The van der Waals surface area contributed by atoms with Gasteiger partial charge in [-0.3, -0.25) is 4.79 Å². The molecule has 1 amide bonds. The third kappa shape index (κ3) is 4.20. The fourth-order valence-corrected chi connectivity index (χ4v) is 2.08. The van der Waals surface area contributed by atoms with Crippen molar-refractivity contribution in [2.24, 2.45) is 5.41 Å². The predicted octanol–water partition coefficient (Wildman–Crippen LogP) is 1.63. The van der Waals surface area contributed by atoms with E-state index in [0.29, 0.717) is 11.5 Å². The number of carbonyl (C=O) groups is 1. The minimum Gasteiger partial charge on any atom is -0.339 e. The highest BCUT2D eigenvalue weighted by Gasteiger charge is 2.26. The van der Waals surface area contributed by atoms with Crippen molar-refractivity contribution in [1.82, 2.24) is 10.2 Å². The zero-order valence-electron chi connectivity index (χ0n) is 10.5. The number of amides is 1. The third-order valence-electron chi connectivity index (χ3n) is 2.82. The zero-order chi connectivity index (χ0) is 11.5. The van der Waals surface area contributed by atoms with Gasteiger partial charge in [-0.2, -0.15) is 0 Å². The first-order valence-corrected chi connectivity index (χ1v) is 5.88. The van der Waals surface area contributed by atoms with Crippen molar-refractivity contribution in [3.8, 4) is 0 Å². The second-order valence-corrected chi connectivity index (χ2v) is 5.70. The Labute approximate surface area is 93.2 Å². The normalized spacial score (nSPS) is 22.1. The van der Waals surface area contributed by atoms with E-state index in [-0.39, 0.29) is 5.91 Å². The molecule has 1 aliphatic rings. The molecule has 1 atom stereocenters. The Balaban J connectivity index is 2.29. The molecule has 1 saturated heterocycles. The predicted molar refractivity (Wildman–Crippen MR) is 62.7 cm³/mol. The summed E-state index contributed by atoms with van der Waals surface area (Å²) in [4.78, 5) is 13.3. The zero-order valence-corrected chi connectivity index (χ0v) is 10.5. The van der Waals surface area contributed by atoms with Gasteiger partial charge in [-0.1, -0.05) is 20.8 Å². The molecule has 15 heavy (non-hydrogen) atoms. The van der Waals surface area contributed by atoms with Gasteiger partial charge in [0.2, 0.25) is 5.91 Å². The van der Waals surface area contributed by atoms with Crippen LogP contribution in [0.1, 0.15) is 40.5 Å². The lowest BCUT2D eigenvalue weighted by atomic mass is 9.97. The molecule has 3 nitrogen and oxygen atoms in total. The van der Waals surface area contributed by atoms with Crippen LogP contribution in [0.25, 0.3) is 0 Å². The average molecular weight is 212 g/mol. The van der Waals surface area contributed by atoms with Crippen LogP contribution in [-0.2, 0) is 4.79 Å². The maximum atomic E-state index is 11.3. The van der Waals surface area contributed by atoms with E-state index in [1.54, 1.807) is 6.92 Å². The number of rotatable bonds is 3. The van der Waals surface area contributed by atoms with E-state index in [2.05, 4.69) is 26.1 Å². The summed E-state index contributed by atoms with van der Waals surface area (Å²) >= 11 is 0. The monoisotopic (exact) mass is 212 g/mol. The van der Waals surface area contributed by atoms with Gasteiger partial charge in [0, 0.05) is 32.6 Å². The summed E-state index contributed by atoms with van der Waals surface area (Å²) in [5, 5.41) is 3.46. The van der Waals surface area contributed by atoms with Crippen LogP contribution in [0.3, 0.4) is 0 Å². The van der Waals surface area contributed by atoms with E-state index in [4.69, 9.17) is 0 Å². The van der Waals surface area contributed by atoms with E-state index in [1.165, 1.54) is 0 Å². The quantitative estimate of drug-likeness (QED) is 0.771. The van der Waals surface area contributed by atoms with E-state index < -0.39 is 0 Å². The maximum absolute atomic E-state index is 11.3. The lowest BCUT2D eigenvalue weighted by molar-refractivity contribution is -0.129. The maximum Gasteiger partial charge on any atom is 0.219 e. The standard InChI is InChI=1S/C12H24N2O/c1-10(15)14-7-5-6-11(14)8-13-9-12(2,3)4/h11,13H,5-9H2,1-4H3/t11-/m1/s1. The van der Waals surface area contributed by atoms with Gasteiger partial charge in [0.1, 0.15) is 0 Å². The highest BCUT2D eigenvalue weighted by molar-refractivity contribution is 5.73. The number of nitrogens with one attached hydrogen (secondary N) is 1. The van der Waals surface area contributed by atoms with Crippen molar-refractivity contribution in [2.45, 2.75) is 46.6 Å². The van der Waals surface area contributed by atoms with Crippen LogP contribution in [0.4, 0.5) is 0 Å². The van der Waals surface area contributed by atoms with Gasteiger partial charge in [-0.05, 0) is 18.3 Å². The molecule has 0 aromatic rings. The molecule has 0 saturated carbocycles. The van der Waals surface area contributed by atoms with E-state index >= 15 is 0 Å². The van der Waals surface area contributed by atoms with Crippen LogP contribution in [0.2, 0.25) is 0 Å². The largest absolute Gasteiger partial charge is 0.339 e. The van der Waals surface area contributed by atoms with Crippen LogP contribution in [0.5, 0.6) is 0 Å². The molecule has 1 aliphatic heterocycles. The molecule has 3 heteroatoms. The Morgan fingerprint density at radius 3 is 2.67 bits per heavy atom. The number of nitrogens with zero attached hydrogens (tertiary/aromatic N) is 1. The molecule has 1 heterocycles. The smallest absolute Gasteiger partial charge is 0.219 e. The fraction of sp³-hybridized carbons (Fsp3) is 0.917. The van der Waals surface area contributed by atoms with Crippen molar-refractivity contribution in [3.05, 3.63) is 0 Å². The Morgan fingerprint density at radius 1 is 1.47 bits per heavy atom. The van der Waals surface area contributed by atoms with Gasteiger partial charge in [0.05, 0.1) is 0 Å². The summed E-state index contributed by atoms with van der Waals surface area (Å²) in [6.07, 6.45) is 2.30. The second kappa shape index (κ2) is 4.97. The van der Waals surface area contributed by atoms with Gasteiger partial charge in [0.15, 0.2) is 0 Å². The molecule has 0 bridgehead atoms.